The fourth-order valence-electron chi connectivity index (χ4n) is 4.63. The lowest BCUT2D eigenvalue weighted by molar-refractivity contribution is -0.135. The number of hydroxylamine groups is 1. The highest BCUT2D eigenvalue weighted by Crippen LogP contribution is 2.43. The second kappa shape index (κ2) is 9.17. The van der Waals surface area contributed by atoms with Crippen LogP contribution in [-0.2, 0) is 21.6 Å². The van der Waals surface area contributed by atoms with Crippen LogP contribution in [0.2, 0.25) is 0 Å². The van der Waals surface area contributed by atoms with Crippen molar-refractivity contribution in [3.05, 3.63) is 70.9 Å². The van der Waals surface area contributed by atoms with Crippen molar-refractivity contribution in [1.29, 1.82) is 0 Å². The zero-order valence-electron chi connectivity index (χ0n) is 18.6. The van der Waals surface area contributed by atoms with Gasteiger partial charge in [-0.25, -0.2) is 5.48 Å². The number of primary amides is 1. The van der Waals surface area contributed by atoms with Crippen LogP contribution in [0.25, 0.3) is 10.9 Å². The van der Waals surface area contributed by atoms with Gasteiger partial charge in [0.15, 0.2) is 0 Å². The number of carbonyl (C=O) groups is 2. The van der Waals surface area contributed by atoms with Crippen LogP contribution >= 0.6 is 0 Å². The van der Waals surface area contributed by atoms with Crippen LogP contribution < -0.4 is 16.0 Å². The Labute approximate surface area is 191 Å². The van der Waals surface area contributed by atoms with Crippen molar-refractivity contribution in [2.45, 2.75) is 32.3 Å². The highest BCUT2D eigenvalue weighted by molar-refractivity contribution is 5.95. The van der Waals surface area contributed by atoms with E-state index in [4.69, 9.17) is 15.2 Å². The number of benzene rings is 2. The number of hydrogen-bond donors (Lipinski definition) is 3. The van der Waals surface area contributed by atoms with Gasteiger partial charge in [-0.15, -0.1) is 0 Å². The molecule has 2 aromatic carbocycles. The van der Waals surface area contributed by atoms with Gasteiger partial charge < -0.3 is 15.2 Å². The van der Waals surface area contributed by atoms with Crippen LogP contribution in [0.15, 0.2) is 48.5 Å². The van der Waals surface area contributed by atoms with Crippen molar-refractivity contribution < 1.29 is 24.3 Å². The molecule has 4 rings (SSSR count). The third-order valence-electron chi connectivity index (χ3n) is 6.50. The van der Waals surface area contributed by atoms with Crippen molar-refractivity contribution in [2.24, 2.45) is 11.7 Å². The molecule has 172 valence electrons. The minimum Gasteiger partial charge on any atom is -0.489 e. The molecule has 2 heterocycles. The summed E-state index contributed by atoms with van der Waals surface area (Å²) in [6, 6.07) is 14.9. The summed E-state index contributed by atoms with van der Waals surface area (Å²) in [5.74, 6) is -1.28. The number of aryl methyl sites for hydroxylation is 1. The van der Waals surface area contributed by atoms with E-state index in [0.29, 0.717) is 36.5 Å². The Hall–Kier alpha value is -3.49. The number of carbonyl (C=O) groups excluding carboxylic acids is 2. The van der Waals surface area contributed by atoms with Crippen LogP contribution in [0, 0.1) is 12.8 Å². The molecule has 3 aromatic rings. The number of fused-ring (bicyclic) bond motifs is 1. The number of nitrogens with one attached hydrogen (secondary N) is 1. The molecule has 1 aliphatic heterocycles. The summed E-state index contributed by atoms with van der Waals surface area (Å²) in [4.78, 5) is 29.1. The van der Waals surface area contributed by atoms with E-state index in [0.717, 1.165) is 22.2 Å². The Bertz CT molecular complexity index is 1200. The number of para-hydroxylation sites is 1. The summed E-state index contributed by atoms with van der Waals surface area (Å²) < 4.78 is 11.8. The maximum absolute atomic E-state index is 12.3. The van der Waals surface area contributed by atoms with E-state index in [1.807, 2.05) is 37.3 Å². The van der Waals surface area contributed by atoms with Crippen LogP contribution in [0.1, 0.15) is 40.5 Å². The molecule has 8 nitrogen and oxygen atoms in total. The molecule has 8 heteroatoms. The predicted molar refractivity (Wildman–Crippen MR) is 122 cm³/mol. The molecule has 2 unspecified atom stereocenters. The van der Waals surface area contributed by atoms with Crippen LogP contribution in [0.5, 0.6) is 5.75 Å². The van der Waals surface area contributed by atoms with Crippen molar-refractivity contribution in [1.82, 2.24) is 10.5 Å². The van der Waals surface area contributed by atoms with Gasteiger partial charge in [0.25, 0.3) is 0 Å². The van der Waals surface area contributed by atoms with E-state index >= 15 is 0 Å². The lowest BCUT2D eigenvalue weighted by atomic mass is 9.68. The Morgan fingerprint density at radius 3 is 2.76 bits per heavy atom. The van der Waals surface area contributed by atoms with Crippen LogP contribution in [0.3, 0.4) is 0 Å². The lowest BCUT2D eigenvalue weighted by Gasteiger charge is -2.34. The maximum Gasteiger partial charge on any atom is 0.249 e. The highest BCUT2D eigenvalue weighted by atomic mass is 16.5. The first kappa shape index (κ1) is 22.7. The largest absolute Gasteiger partial charge is 0.489 e. The quantitative estimate of drug-likeness (QED) is 0.376. The molecule has 0 bridgehead atoms. The Balaban J connectivity index is 1.72. The zero-order valence-corrected chi connectivity index (χ0v) is 18.6. The molecule has 0 aliphatic carbocycles. The molecule has 0 saturated carbocycles. The summed E-state index contributed by atoms with van der Waals surface area (Å²) in [5.41, 5.74) is 10.2. The predicted octanol–water partition coefficient (Wildman–Crippen LogP) is 3.02. The van der Waals surface area contributed by atoms with E-state index in [-0.39, 0.29) is 6.61 Å². The Morgan fingerprint density at radius 1 is 1.27 bits per heavy atom. The molecule has 1 aliphatic rings. The second-order valence-corrected chi connectivity index (χ2v) is 8.46. The second-order valence-electron chi connectivity index (χ2n) is 8.46. The van der Waals surface area contributed by atoms with Gasteiger partial charge in [0, 0.05) is 40.1 Å². The van der Waals surface area contributed by atoms with E-state index in [9.17, 15) is 14.8 Å². The molecule has 1 saturated heterocycles. The van der Waals surface area contributed by atoms with Gasteiger partial charge in [0.1, 0.15) is 12.4 Å². The smallest absolute Gasteiger partial charge is 0.249 e. The first-order valence-electron chi connectivity index (χ1n) is 10.8. The summed E-state index contributed by atoms with van der Waals surface area (Å²) in [6.07, 6.45) is 0.500. The standard InChI is InChI=1S/C25H27N3O5/c1-15-11-17(19-5-3-4-6-22(19)27-15)13-33-18-7-8-20(23(26)29)21(12-18)25(9-10-32-14-25)16(2)24(30)28-31/h3-8,11-12,16,31H,9-10,13-14H2,1-2H3,(H2,26,29)(H,28,30). The topological polar surface area (TPSA) is 124 Å². The minimum atomic E-state index is -0.823. The number of aromatic nitrogens is 1. The SMILES string of the molecule is Cc1cc(COc2ccc(C(N)=O)c(C3(C(C)C(=O)NO)CCOC3)c2)c2ccccc2n1. The molecular weight excluding hydrogens is 422 g/mol. The average molecular weight is 450 g/mol. The van der Waals surface area contributed by atoms with Gasteiger partial charge >= 0.3 is 0 Å². The molecule has 0 spiro atoms. The maximum atomic E-state index is 12.3. The van der Waals surface area contributed by atoms with Crippen molar-refractivity contribution in [3.8, 4) is 5.75 Å². The van der Waals surface area contributed by atoms with E-state index in [1.54, 1.807) is 30.6 Å². The molecule has 33 heavy (non-hydrogen) atoms. The van der Waals surface area contributed by atoms with E-state index in [2.05, 4.69) is 4.98 Å². The number of pyridine rings is 1. The number of rotatable bonds is 7. The van der Waals surface area contributed by atoms with Crippen molar-refractivity contribution in [3.63, 3.8) is 0 Å². The summed E-state index contributed by atoms with van der Waals surface area (Å²) >= 11 is 0. The average Bonchev–Trinajstić information content (AvgIpc) is 3.32. The van der Waals surface area contributed by atoms with Gasteiger partial charge in [-0.05, 0) is 49.2 Å². The minimum absolute atomic E-state index is 0.222. The summed E-state index contributed by atoms with van der Waals surface area (Å²) in [5, 5.41) is 10.2. The van der Waals surface area contributed by atoms with Gasteiger partial charge in [-0.2, -0.15) is 0 Å². The molecule has 1 aromatic heterocycles. The normalized spacial score (nSPS) is 18.8. The Kier molecular flexibility index (Phi) is 6.31. The van der Waals surface area contributed by atoms with Crippen LogP contribution in [0.4, 0.5) is 0 Å². The first-order valence-corrected chi connectivity index (χ1v) is 10.8. The fraction of sp³-hybridized carbons (Fsp3) is 0.320. The summed E-state index contributed by atoms with van der Waals surface area (Å²) in [7, 11) is 0. The first-order chi connectivity index (χ1) is 15.9. The monoisotopic (exact) mass is 449 g/mol. The number of amides is 2. The number of ether oxygens (including phenoxy) is 2. The molecule has 2 amide bonds. The Morgan fingerprint density at radius 2 is 2.06 bits per heavy atom. The molecule has 1 fully saturated rings. The van der Waals surface area contributed by atoms with Crippen molar-refractivity contribution in [2.75, 3.05) is 13.2 Å². The van der Waals surface area contributed by atoms with Crippen molar-refractivity contribution >= 4 is 22.7 Å². The van der Waals surface area contributed by atoms with Gasteiger partial charge in [0.2, 0.25) is 11.8 Å². The van der Waals surface area contributed by atoms with Gasteiger partial charge in [-0.3, -0.25) is 19.8 Å². The lowest BCUT2D eigenvalue weighted by Crippen LogP contribution is -2.44. The highest BCUT2D eigenvalue weighted by Gasteiger charge is 2.46. The number of nitrogens with zero attached hydrogens (tertiary/aromatic N) is 1. The molecule has 0 radical (unpaired) electrons. The van der Waals surface area contributed by atoms with Crippen LogP contribution in [-0.4, -0.2) is 35.2 Å². The molecule has 4 N–H and O–H groups in total. The molecule has 2 atom stereocenters. The third kappa shape index (κ3) is 4.27. The number of hydrogen-bond acceptors (Lipinski definition) is 6. The third-order valence-corrected chi connectivity index (χ3v) is 6.50. The zero-order chi connectivity index (χ0) is 23.6. The van der Waals surface area contributed by atoms with E-state index < -0.39 is 23.1 Å². The van der Waals surface area contributed by atoms with Gasteiger partial charge in [-0.1, -0.05) is 25.1 Å². The van der Waals surface area contributed by atoms with E-state index in [1.165, 1.54) is 0 Å². The molecular formula is C25H27N3O5. The van der Waals surface area contributed by atoms with Gasteiger partial charge in [0.05, 0.1) is 12.1 Å². The summed E-state index contributed by atoms with van der Waals surface area (Å²) in [6.45, 7) is 4.58. The number of nitrogens with two attached hydrogens (primary N) is 1. The fourth-order valence-corrected chi connectivity index (χ4v) is 4.63.